The van der Waals surface area contributed by atoms with Crippen molar-refractivity contribution in [3.05, 3.63) is 0 Å². The molecule has 5 nitrogen and oxygen atoms in total. The average Bonchev–Trinajstić information content (AvgIpc) is 2.16. The monoisotopic (exact) mass is 232 g/mol. The van der Waals surface area contributed by atoms with Crippen LogP contribution in [-0.2, 0) is 4.79 Å². The summed E-state index contributed by atoms with van der Waals surface area (Å²) in [4.78, 5) is 11.5. The second-order valence-corrected chi connectivity index (χ2v) is 5.06. The first-order chi connectivity index (χ1) is 6.97. The van der Waals surface area contributed by atoms with E-state index in [0.29, 0.717) is 12.5 Å². The molecule has 88 valence electrons. The lowest BCUT2D eigenvalue weighted by molar-refractivity contribution is -0.120. The van der Waals surface area contributed by atoms with Gasteiger partial charge in [-0.1, -0.05) is 25.6 Å². The molecule has 1 unspecified atom stereocenters. The maximum absolute atomic E-state index is 11.5. The number of hydrogen-bond acceptors (Lipinski definition) is 4. The fraction of sp³-hybridized carbons (Fsp3) is 0.778. The highest BCUT2D eigenvalue weighted by Crippen LogP contribution is 2.09. The molecule has 6 heteroatoms. The predicted octanol–water partition coefficient (Wildman–Crippen LogP) is 0.459. The Morgan fingerprint density at radius 2 is 2.07 bits per heavy atom. The predicted molar refractivity (Wildman–Crippen MR) is 65.3 cm³/mol. The van der Waals surface area contributed by atoms with Crippen LogP contribution >= 0.6 is 11.8 Å². The van der Waals surface area contributed by atoms with E-state index in [2.05, 4.69) is 24.3 Å². The van der Waals surface area contributed by atoms with E-state index in [-0.39, 0.29) is 16.3 Å². The quantitative estimate of drug-likeness (QED) is 0.278. The fourth-order valence-electron chi connectivity index (χ4n) is 0.893. The lowest BCUT2D eigenvalue weighted by Gasteiger charge is -2.11. The average molecular weight is 232 g/mol. The molecule has 0 aliphatic carbocycles. The molecule has 0 radical (unpaired) electrons. The van der Waals surface area contributed by atoms with Gasteiger partial charge < -0.3 is 16.9 Å². The summed E-state index contributed by atoms with van der Waals surface area (Å²) in [5.41, 5.74) is 5.40. The number of rotatable bonds is 5. The van der Waals surface area contributed by atoms with Crippen molar-refractivity contribution in [1.82, 2.24) is 5.32 Å². The minimum atomic E-state index is -0.260. The Morgan fingerprint density at radius 1 is 1.47 bits per heavy atom. The van der Waals surface area contributed by atoms with Gasteiger partial charge in [0.25, 0.3) is 0 Å². The zero-order valence-corrected chi connectivity index (χ0v) is 10.3. The van der Waals surface area contributed by atoms with Crippen LogP contribution in [0, 0.1) is 5.92 Å². The first-order valence-electron chi connectivity index (χ1n) is 4.95. The minimum absolute atomic E-state index is 0.0350. The van der Waals surface area contributed by atoms with Crippen molar-refractivity contribution in [1.29, 1.82) is 0 Å². The third-order valence-electron chi connectivity index (χ3n) is 1.81. The van der Waals surface area contributed by atoms with Gasteiger partial charge in [0.05, 0.1) is 5.25 Å². The maximum atomic E-state index is 11.5. The Balaban J connectivity index is 3.79. The highest BCUT2D eigenvalue weighted by Gasteiger charge is 2.14. The van der Waals surface area contributed by atoms with Crippen molar-refractivity contribution in [2.45, 2.75) is 32.4 Å². The summed E-state index contributed by atoms with van der Waals surface area (Å²) in [6.07, 6.45) is 0.976. The summed E-state index contributed by atoms with van der Waals surface area (Å²) in [6, 6.07) is 0. The highest BCUT2D eigenvalue weighted by molar-refractivity contribution is 8.14. The highest BCUT2D eigenvalue weighted by atomic mass is 32.2. The molecule has 0 saturated carbocycles. The van der Waals surface area contributed by atoms with Gasteiger partial charge in [-0.15, -0.1) is 0 Å². The topological polar surface area (TPSA) is 93.5 Å². The molecule has 0 aliphatic heterocycles. The molecule has 15 heavy (non-hydrogen) atoms. The first-order valence-corrected chi connectivity index (χ1v) is 5.83. The third kappa shape index (κ3) is 7.07. The van der Waals surface area contributed by atoms with Gasteiger partial charge in [0.1, 0.15) is 0 Å². The lowest BCUT2D eigenvalue weighted by Crippen LogP contribution is -2.33. The molecule has 0 saturated heterocycles. The van der Waals surface area contributed by atoms with E-state index in [4.69, 9.17) is 11.6 Å². The largest absolute Gasteiger partial charge is 0.377 e. The number of nitrogens with one attached hydrogen (secondary N) is 1. The summed E-state index contributed by atoms with van der Waals surface area (Å²) in [5.74, 6) is 5.52. The van der Waals surface area contributed by atoms with E-state index < -0.39 is 0 Å². The lowest BCUT2D eigenvalue weighted by atomic mass is 10.1. The van der Waals surface area contributed by atoms with Gasteiger partial charge in [0, 0.05) is 6.54 Å². The van der Waals surface area contributed by atoms with Crippen LogP contribution in [0.4, 0.5) is 0 Å². The van der Waals surface area contributed by atoms with Crippen LogP contribution in [0.1, 0.15) is 27.2 Å². The molecule has 0 heterocycles. The molecule has 0 fully saturated rings. The molecule has 5 N–H and O–H groups in total. The van der Waals surface area contributed by atoms with Gasteiger partial charge >= 0.3 is 0 Å². The summed E-state index contributed by atoms with van der Waals surface area (Å²) in [6.45, 7) is 6.70. The second-order valence-electron chi connectivity index (χ2n) is 3.70. The third-order valence-corrected chi connectivity index (χ3v) is 2.73. The van der Waals surface area contributed by atoms with E-state index in [1.54, 1.807) is 6.92 Å². The van der Waals surface area contributed by atoms with Crippen LogP contribution in [0.15, 0.2) is 5.10 Å². The second kappa shape index (κ2) is 7.39. The molecule has 1 atom stereocenters. The van der Waals surface area contributed by atoms with Crippen LogP contribution in [-0.4, -0.2) is 22.9 Å². The Bertz CT molecular complexity index is 230. The molecule has 0 rings (SSSR count). The number of carbonyl (C=O) groups is 1. The standard InChI is InChI=1S/C9H20N4OS/c1-6(2)4-5-12-8(14)7(3)15-9(10)13-11/h6-7H,4-5,11H2,1-3H3,(H2,10,13)(H,12,14). The normalized spacial score (nSPS) is 14.0. The van der Waals surface area contributed by atoms with Gasteiger partial charge in [-0.3, -0.25) is 4.79 Å². The molecule has 1 amide bonds. The van der Waals surface area contributed by atoms with Crippen LogP contribution in [0.5, 0.6) is 0 Å². The van der Waals surface area contributed by atoms with E-state index >= 15 is 0 Å². The zero-order valence-electron chi connectivity index (χ0n) is 9.49. The molecule has 0 aromatic heterocycles. The van der Waals surface area contributed by atoms with Crippen LogP contribution in [0.3, 0.4) is 0 Å². The number of nitrogens with two attached hydrogens (primary N) is 2. The number of nitrogens with zero attached hydrogens (tertiary/aromatic N) is 1. The molecule has 0 aromatic rings. The van der Waals surface area contributed by atoms with Crippen LogP contribution < -0.4 is 16.9 Å². The van der Waals surface area contributed by atoms with E-state index in [1.807, 2.05) is 0 Å². The zero-order chi connectivity index (χ0) is 11.8. The number of hydrogen-bond donors (Lipinski definition) is 3. The number of amidine groups is 1. The summed E-state index contributed by atoms with van der Waals surface area (Å²) in [7, 11) is 0. The molecular weight excluding hydrogens is 212 g/mol. The van der Waals surface area contributed by atoms with Crippen molar-refractivity contribution in [3.8, 4) is 0 Å². The summed E-state index contributed by atoms with van der Waals surface area (Å²) >= 11 is 1.16. The summed E-state index contributed by atoms with van der Waals surface area (Å²) < 4.78 is 0. The van der Waals surface area contributed by atoms with Gasteiger partial charge in [-0.2, -0.15) is 5.10 Å². The van der Waals surface area contributed by atoms with E-state index in [0.717, 1.165) is 18.2 Å². The van der Waals surface area contributed by atoms with Crippen molar-refractivity contribution < 1.29 is 4.79 Å². The van der Waals surface area contributed by atoms with Gasteiger partial charge in [0.2, 0.25) is 5.91 Å². The SMILES string of the molecule is CC(C)CCNC(=O)C(C)SC(N)=NN. The summed E-state index contributed by atoms with van der Waals surface area (Å²) in [5, 5.41) is 6.09. The fourth-order valence-corrected chi connectivity index (χ4v) is 1.51. The molecule has 0 bridgehead atoms. The molecule has 0 aromatic carbocycles. The van der Waals surface area contributed by atoms with Gasteiger partial charge in [-0.25, -0.2) is 0 Å². The number of thioether (sulfide) groups is 1. The van der Waals surface area contributed by atoms with Crippen LogP contribution in [0.2, 0.25) is 0 Å². The van der Waals surface area contributed by atoms with Crippen molar-refractivity contribution >= 4 is 22.8 Å². The Kier molecular flexibility index (Phi) is 6.94. The number of hydrazone groups is 1. The van der Waals surface area contributed by atoms with E-state index in [1.165, 1.54) is 0 Å². The number of carbonyl (C=O) groups excluding carboxylic acids is 1. The van der Waals surface area contributed by atoms with E-state index in [9.17, 15) is 4.79 Å². The Hall–Kier alpha value is -0.910. The molecule has 0 spiro atoms. The first kappa shape index (κ1) is 14.1. The molecular formula is C9H20N4OS. The number of amides is 1. The van der Waals surface area contributed by atoms with Crippen molar-refractivity contribution in [2.75, 3.05) is 6.54 Å². The van der Waals surface area contributed by atoms with Crippen LogP contribution in [0.25, 0.3) is 0 Å². The van der Waals surface area contributed by atoms with Crippen molar-refractivity contribution in [2.24, 2.45) is 22.6 Å². The Labute approximate surface area is 95.0 Å². The Morgan fingerprint density at radius 3 is 2.53 bits per heavy atom. The minimum Gasteiger partial charge on any atom is -0.377 e. The molecule has 0 aliphatic rings. The van der Waals surface area contributed by atoms with Crippen molar-refractivity contribution in [3.63, 3.8) is 0 Å². The van der Waals surface area contributed by atoms with Gasteiger partial charge in [-0.05, 0) is 19.3 Å². The van der Waals surface area contributed by atoms with Gasteiger partial charge in [0.15, 0.2) is 5.17 Å². The maximum Gasteiger partial charge on any atom is 0.233 e. The smallest absolute Gasteiger partial charge is 0.233 e.